The minimum Gasteiger partial charge on any atom is -0.387 e. The molecule has 3 heterocycles. The summed E-state index contributed by atoms with van der Waals surface area (Å²) in [6.45, 7) is 3.14. The summed E-state index contributed by atoms with van der Waals surface area (Å²) < 4.78 is 7.76. The second kappa shape index (κ2) is 10.8. The number of ether oxygens (including phenoxy) is 1. The minimum absolute atomic E-state index is 0.467. The van der Waals surface area contributed by atoms with Crippen molar-refractivity contribution in [3.63, 3.8) is 0 Å². The molecular formula is C23H32N6O3. The zero-order chi connectivity index (χ0) is 22.3. The first-order valence-electron chi connectivity index (χ1n) is 11.2. The predicted octanol–water partition coefficient (Wildman–Crippen LogP) is 0.904. The van der Waals surface area contributed by atoms with E-state index in [1.54, 1.807) is 17.8 Å². The third-order valence-corrected chi connectivity index (χ3v) is 5.84. The normalized spacial score (nSPS) is 23.1. The van der Waals surface area contributed by atoms with Gasteiger partial charge in [-0.2, -0.15) is 0 Å². The average molecular weight is 441 g/mol. The second-order valence-electron chi connectivity index (χ2n) is 8.02. The third kappa shape index (κ3) is 5.08. The molecule has 3 aromatic rings. The van der Waals surface area contributed by atoms with Gasteiger partial charge in [0, 0.05) is 19.8 Å². The fraction of sp³-hybridized carbons (Fsp3) is 0.478. The summed E-state index contributed by atoms with van der Waals surface area (Å²) in [5.41, 5.74) is 1.98. The monoisotopic (exact) mass is 440 g/mol. The molecule has 172 valence electrons. The van der Waals surface area contributed by atoms with E-state index in [0.717, 1.165) is 37.9 Å². The summed E-state index contributed by atoms with van der Waals surface area (Å²) in [5.74, 6) is 0.706. The predicted molar refractivity (Wildman–Crippen MR) is 124 cm³/mol. The Kier molecular flexibility index (Phi) is 7.67. The molecule has 1 fully saturated rings. The molecule has 9 nitrogen and oxygen atoms in total. The van der Waals surface area contributed by atoms with Crippen molar-refractivity contribution >= 4 is 16.9 Å². The molecule has 5 N–H and O–H groups in total. The molecule has 1 aromatic carbocycles. The summed E-state index contributed by atoms with van der Waals surface area (Å²) in [6.07, 6.45) is 2.05. The van der Waals surface area contributed by atoms with E-state index >= 15 is 0 Å². The molecule has 0 radical (unpaired) electrons. The van der Waals surface area contributed by atoms with Gasteiger partial charge in [0.2, 0.25) is 0 Å². The summed E-state index contributed by atoms with van der Waals surface area (Å²) in [7, 11) is 1.80. The molecule has 0 spiro atoms. The zero-order valence-corrected chi connectivity index (χ0v) is 18.3. The Morgan fingerprint density at radius 1 is 1.00 bits per heavy atom. The van der Waals surface area contributed by atoms with Crippen LogP contribution >= 0.6 is 0 Å². The molecule has 32 heavy (non-hydrogen) atoms. The maximum absolute atomic E-state index is 10.6. The summed E-state index contributed by atoms with van der Waals surface area (Å²) in [4.78, 5) is 8.53. The summed E-state index contributed by atoms with van der Waals surface area (Å²) in [5, 5.41) is 31.7. The molecule has 0 amide bonds. The van der Waals surface area contributed by atoms with Crippen LogP contribution in [0.25, 0.3) is 11.0 Å². The van der Waals surface area contributed by atoms with Crippen molar-refractivity contribution in [1.82, 2.24) is 25.2 Å². The van der Waals surface area contributed by atoms with E-state index < -0.39 is 24.5 Å². The van der Waals surface area contributed by atoms with Crippen LogP contribution in [0.1, 0.15) is 18.2 Å². The summed E-state index contributed by atoms with van der Waals surface area (Å²) >= 11 is 0. The highest BCUT2D eigenvalue weighted by Crippen LogP contribution is 2.32. The van der Waals surface area contributed by atoms with Gasteiger partial charge in [-0.05, 0) is 44.1 Å². The first-order valence-corrected chi connectivity index (χ1v) is 11.2. The Morgan fingerprint density at radius 2 is 1.81 bits per heavy atom. The fourth-order valence-electron chi connectivity index (χ4n) is 4.09. The largest absolute Gasteiger partial charge is 0.387 e. The third-order valence-electron chi connectivity index (χ3n) is 5.84. The van der Waals surface area contributed by atoms with Crippen LogP contribution in [0.5, 0.6) is 0 Å². The Labute approximate surface area is 187 Å². The highest BCUT2D eigenvalue weighted by molar-refractivity contribution is 5.87. The molecule has 0 unspecified atom stereocenters. The van der Waals surface area contributed by atoms with Crippen LogP contribution in [0.3, 0.4) is 0 Å². The molecule has 4 atom stereocenters. The van der Waals surface area contributed by atoms with E-state index in [0.29, 0.717) is 18.0 Å². The van der Waals surface area contributed by atoms with E-state index in [4.69, 9.17) is 4.74 Å². The Morgan fingerprint density at radius 3 is 2.62 bits per heavy atom. The Bertz CT molecular complexity index is 982. The van der Waals surface area contributed by atoms with Crippen molar-refractivity contribution in [2.24, 2.45) is 0 Å². The van der Waals surface area contributed by atoms with Gasteiger partial charge in [0.1, 0.15) is 36.1 Å². The molecule has 0 bridgehead atoms. The van der Waals surface area contributed by atoms with E-state index in [-0.39, 0.29) is 0 Å². The van der Waals surface area contributed by atoms with Gasteiger partial charge in [0.25, 0.3) is 0 Å². The lowest BCUT2D eigenvalue weighted by Crippen LogP contribution is -2.38. The zero-order valence-electron chi connectivity index (χ0n) is 18.3. The number of nitrogens with zero attached hydrogens (tertiary/aromatic N) is 3. The number of rotatable bonds is 11. The number of aliphatic hydroxyl groups excluding tert-OH is 2. The number of anilines is 1. The maximum atomic E-state index is 10.6. The average Bonchev–Trinajstić information content (AvgIpc) is 3.37. The van der Waals surface area contributed by atoms with Gasteiger partial charge in [-0.1, -0.05) is 30.3 Å². The molecule has 1 saturated heterocycles. The van der Waals surface area contributed by atoms with Gasteiger partial charge in [0.05, 0.1) is 5.39 Å². The number of fused-ring (bicyclic) bond motifs is 1. The highest BCUT2D eigenvalue weighted by Gasteiger charge is 2.43. The van der Waals surface area contributed by atoms with E-state index in [9.17, 15) is 10.2 Å². The van der Waals surface area contributed by atoms with Crippen molar-refractivity contribution < 1.29 is 14.9 Å². The van der Waals surface area contributed by atoms with Crippen LogP contribution < -0.4 is 16.0 Å². The second-order valence-corrected chi connectivity index (χ2v) is 8.02. The van der Waals surface area contributed by atoms with Crippen LogP contribution in [0.15, 0.2) is 48.9 Å². The molecule has 1 aliphatic rings. The molecule has 4 rings (SSSR count). The van der Waals surface area contributed by atoms with E-state index in [2.05, 4.69) is 50.2 Å². The number of hydrogen-bond donors (Lipinski definition) is 5. The highest BCUT2D eigenvalue weighted by atomic mass is 16.6. The van der Waals surface area contributed by atoms with Gasteiger partial charge in [-0.3, -0.25) is 0 Å². The number of hydrogen-bond acceptors (Lipinski definition) is 8. The molecule has 0 saturated carbocycles. The van der Waals surface area contributed by atoms with Gasteiger partial charge < -0.3 is 35.5 Å². The van der Waals surface area contributed by atoms with E-state index in [1.807, 2.05) is 12.1 Å². The Balaban J connectivity index is 1.20. The van der Waals surface area contributed by atoms with Crippen molar-refractivity contribution in [3.8, 4) is 0 Å². The molecular weight excluding hydrogens is 408 g/mol. The van der Waals surface area contributed by atoms with Crippen molar-refractivity contribution in [2.75, 3.05) is 38.5 Å². The van der Waals surface area contributed by atoms with Crippen molar-refractivity contribution in [2.45, 2.75) is 37.4 Å². The van der Waals surface area contributed by atoms with Crippen LogP contribution in [0.2, 0.25) is 0 Å². The molecule has 1 aliphatic heterocycles. The topological polar surface area (TPSA) is 116 Å². The van der Waals surface area contributed by atoms with Gasteiger partial charge in [0.15, 0.2) is 6.23 Å². The van der Waals surface area contributed by atoms with Crippen LogP contribution in [0, 0.1) is 0 Å². The van der Waals surface area contributed by atoms with Gasteiger partial charge in [-0.15, -0.1) is 0 Å². The van der Waals surface area contributed by atoms with Gasteiger partial charge in [-0.25, -0.2) is 9.97 Å². The standard InChI is InChI=1S/C23H32N6O3/c1-24-21-17-9-13-29(22(17)28-15-27-21)23-20(31)19(30)18(32-23)14-26-11-5-10-25-12-8-16-6-3-2-4-7-16/h2-4,6-7,9,13,15,18-20,23,25-26,30-31H,5,8,10-12,14H2,1H3,(H,24,27,28)/t18-,19-,20-,23-/m1/s1. The quantitative estimate of drug-likeness (QED) is 0.279. The molecule has 9 heteroatoms. The number of aromatic nitrogens is 3. The SMILES string of the molecule is CNc1ncnc2c1ccn2[C@@H]1O[C@H](CNCCCNCCc2ccccc2)[C@@H](O)[C@H]1O. The van der Waals surface area contributed by atoms with Gasteiger partial charge >= 0.3 is 0 Å². The minimum atomic E-state index is -1.04. The van der Waals surface area contributed by atoms with Crippen molar-refractivity contribution in [3.05, 3.63) is 54.5 Å². The lowest BCUT2D eigenvalue weighted by atomic mass is 10.1. The number of benzene rings is 1. The maximum Gasteiger partial charge on any atom is 0.164 e. The number of nitrogens with one attached hydrogen (secondary N) is 3. The van der Waals surface area contributed by atoms with Crippen molar-refractivity contribution in [1.29, 1.82) is 0 Å². The molecule has 0 aliphatic carbocycles. The smallest absolute Gasteiger partial charge is 0.164 e. The van der Waals surface area contributed by atoms with Crippen LogP contribution in [0.4, 0.5) is 5.82 Å². The molecule has 2 aromatic heterocycles. The first kappa shape index (κ1) is 22.6. The van der Waals surface area contributed by atoms with Crippen LogP contribution in [-0.4, -0.2) is 76.3 Å². The Hall–Kier alpha value is -2.56. The fourth-order valence-corrected chi connectivity index (χ4v) is 4.09. The lowest BCUT2D eigenvalue weighted by Gasteiger charge is -2.17. The lowest BCUT2D eigenvalue weighted by molar-refractivity contribution is -0.0338. The first-order chi connectivity index (χ1) is 15.7. The van der Waals surface area contributed by atoms with E-state index in [1.165, 1.54) is 11.9 Å². The number of aliphatic hydroxyl groups is 2. The summed E-state index contributed by atoms with van der Waals surface area (Å²) in [6, 6.07) is 12.3. The van der Waals surface area contributed by atoms with Crippen LogP contribution in [-0.2, 0) is 11.2 Å².